The van der Waals surface area contributed by atoms with E-state index in [4.69, 9.17) is 28.3 Å². The molecule has 2 N–H and O–H groups in total. The first-order valence-electron chi connectivity index (χ1n) is 4.69. The highest BCUT2D eigenvalue weighted by atomic mass is 35.5. The molecule has 1 atom stereocenters. The quantitative estimate of drug-likeness (QED) is 0.837. The van der Waals surface area contributed by atoms with Crippen LogP contribution < -0.4 is 5.32 Å². The molecule has 0 saturated carbocycles. The number of hydrogen-bond acceptors (Lipinski definition) is 4. The molecular weight excluding hydrogens is 287 g/mol. The highest BCUT2D eigenvalue weighted by Crippen LogP contribution is 2.33. The van der Waals surface area contributed by atoms with E-state index >= 15 is 0 Å². The molecule has 94 valence electrons. The van der Waals surface area contributed by atoms with Crippen molar-refractivity contribution in [2.24, 2.45) is 11.8 Å². The van der Waals surface area contributed by atoms with Crippen LogP contribution in [0.5, 0.6) is 0 Å². The summed E-state index contributed by atoms with van der Waals surface area (Å²) >= 11 is 12.3. The van der Waals surface area contributed by atoms with Gasteiger partial charge in [0, 0.05) is 0 Å². The van der Waals surface area contributed by atoms with Crippen molar-refractivity contribution in [1.29, 1.82) is 0 Å². The average molecular weight is 297 g/mol. The second-order valence-corrected chi connectivity index (χ2v) is 5.18. The average Bonchev–Trinajstić information content (AvgIpc) is 2.48. The number of carboxylic acid groups (broad SMARTS) is 1. The van der Waals surface area contributed by atoms with Crippen LogP contribution in [0.15, 0.2) is 0 Å². The van der Waals surface area contributed by atoms with Crippen molar-refractivity contribution in [1.82, 2.24) is 4.37 Å². The van der Waals surface area contributed by atoms with Gasteiger partial charge in [-0.3, -0.25) is 9.59 Å². The number of carboxylic acids is 1. The predicted octanol–water partition coefficient (Wildman–Crippen LogP) is 2.75. The molecule has 1 aromatic rings. The predicted molar refractivity (Wildman–Crippen MR) is 66.7 cm³/mol. The van der Waals surface area contributed by atoms with Gasteiger partial charge in [0.15, 0.2) is 5.15 Å². The molecule has 17 heavy (non-hydrogen) atoms. The topological polar surface area (TPSA) is 79.3 Å². The molecule has 1 amide bonds. The van der Waals surface area contributed by atoms with Gasteiger partial charge in [-0.2, -0.15) is 4.37 Å². The van der Waals surface area contributed by atoms with Gasteiger partial charge in [0.2, 0.25) is 5.91 Å². The van der Waals surface area contributed by atoms with Gasteiger partial charge in [-0.1, -0.05) is 37.0 Å². The molecule has 1 unspecified atom stereocenters. The lowest BCUT2D eigenvalue weighted by molar-refractivity contribution is -0.147. The molecule has 1 heterocycles. The third kappa shape index (κ3) is 3.31. The second-order valence-electron chi connectivity index (χ2n) is 3.67. The van der Waals surface area contributed by atoms with Crippen LogP contribution in [0.4, 0.5) is 5.00 Å². The van der Waals surface area contributed by atoms with Crippen LogP contribution >= 0.6 is 34.7 Å². The Hall–Kier alpha value is -0.850. The van der Waals surface area contributed by atoms with Gasteiger partial charge in [-0.25, -0.2) is 0 Å². The number of carbonyl (C=O) groups is 2. The van der Waals surface area contributed by atoms with Gasteiger partial charge in [0.05, 0.1) is 0 Å². The van der Waals surface area contributed by atoms with Gasteiger partial charge in [-0.05, 0) is 17.5 Å². The normalized spacial score (nSPS) is 12.5. The SMILES string of the molecule is CC(C)C(C(=O)O)C(=O)Nc1snc(Cl)c1Cl. The first-order chi connectivity index (χ1) is 7.84. The third-order valence-electron chi connectivity index (χ3n) is 2.05. The van der Waals surface area contributed by atoms with Crippen LogP contribution in [0.3, 0.4) is 0 Å². The molecule has 0 aliphatic rings. The number of rotatable bonds is 4. The molecular formula is C9H10Cl2N2O3S. The van der Waals surface area contributed by atoms with Gasteiger partial charge in [-0.15, -0.1) is 0 Å². The van der Waals surface area contributed by atoms with E-state index in [1.807, 2.05) is 0 Å². The number of hydrogen-bond donors (Lipinski definition) is 2. The van der Waals surface area contributed by atoms with E-state index in [1.54, 1.807) is 13.8 Å². The van der Waals surface area contributed by atoms with Crippen molar-refractivity contribution in [2.45, 2.75) is 13.8 Å². The number of nitrogens with zero attached hydrogens (tertiary/aromatic N) is 1. The zero-order valence-corrected chi connectivity index (χ0v) is 11.4. The molecule has 0 spiro atoms. The van der Waals surface area contributed by atoms with Gasteiger partial charge < -0.3 is 10.4 Å². The smallest absolute Gasteiger partial charge is 0.316 e. The summed E-state index contributed by atoms with van der Waals surface area (Å²) in [5.74, 6) is -3.26. The maximum Gasteiger partial charge on any atom is 0.316 e. The van der Waals surface area contributed by atoms with Crippen molar-refractivity contribution in [2.75, 3.05) is 5.32 Å². The van der Waals surface area contributed by atoms with Crippen molar-refractivity contribution in [3.8, 4) is 0 Å². The van der Waals surface area contributed by atoms with Crippen LogP contribution in [0, 0.1) is 11.8 Å². The molecule has 0 aliphatic heterocycles. The van der Waals surface area contributed by atoms with Crippen LogP contribution in [-0.2, 0) is 9.59 Å². The molecule has 0 bridgehead atoms. The minimum Gasteiger partial charge on any atom is -0.481 e. The summed E-state index contributed by atoms with van der Waals surface area (Å²) in [6.45, 7) is 3.30. The molecule has 8 heteroatoms. The van der Waals surface area contributed by atoms with E-state index in [2.05, 4.69) is 9.69 Å². The Balaban J connectivity index is 2.84. The number of amides is 1. The Kier molecular flexibility index (Phi) is 4.73. The van der Waals surface area contributed by atoms with Crippen molar-refractivity contribution in [3.63, 3.8) is 0 Å². The van der Waals surface area contributed by atoms with E-state index in [0.29, 0.717) is 0 Å². The van der Waals surface area contributed by atoms with Crippen LogP contribution in [-0.4, -0.2) is 21.4 Å². The van der Waals surface area contributed by atoms with E-state index in [-0.39, 0.29) is 21.1 Å². The van der Waals surface area contributed by atoms with Crippen molar-refractivity contribution < 1.29 is 14.7 Å². The fraction of sp³-hybridized carbons (Fsp3) is 0.444. The Morgan fingerprint density at radius 2 is 2.00 bits per heavy atom. The Morgan fingerprint density at radius 1 is 1.41 bits per heavy atom. The van der Waals surface area contributed by atoms with Crippen LogP contribution in [0.25, 0.3) is 0 Å². The maximum absolute atomic E-state index is 11.7. The summed E-state index contributed by atoms with van der Waals surface area (Å²) in [6.07, 6.45) is 0. The maximum atomic E-state index is 11.7. The summed E-state index contributed by atoms with van der Waals surface area (Å²) < 4.78 is 3.73. The number of aliphatic carboxylic acids is 1. The molecule has 1 rings (SSSR count). The van der Waals surface area contributed by atoms with E-state index in [9.17, 15) is 9.59 Å². The first-order valence-corrected chi connectivity index (χ1v) is 6.21. The number of anilines is 1. The van der Waals surface area contributed by atoms with E-state index in [1.165, 1.54) is 0 Å². The highest BCUT2D eigenvalue weighted by Gasteiger charge is 2.30. The Bertz CT molecular complexity index is 447. The lowest BCUT2D eigenvalue weighted by atomic mass is 9.95. The molecule has 1 aromatic heterocycles. The highest BCUT2D eigenvalue weighted by molar-refractivity contribution is 7.11. The van der Waals surface area contributed by atoms with Gasteiger partial charge >= 0.3 is 5.97 Å². The van der Waals surface area contributed by atoms with Gasteiger partial charge in [0.25, 0.3) is 0 Å². The third-order valence-corrected chi connectivity index (χ3v) is 3.76. The van der Waals surface area contributed by atoms with Crippen LogP contribution in [0.2, 0.25) is 10.2 Å². The van der Waals surface area contributed by atoms with Gasteiger partial charge in [0.1, 0.15) is 15.9 Å². The zero-order chi connectivity index (χ0) is 13.2. The zero-order valence-electron chi connectivity index (χ0n) is 9.03. The molecule has 5 nitrogen and oxygen atoms in total. The van der Waals surface area contributed by atoms with E-state index in [0.717, 1.165) is 11.5 Å². The molecule has 0 fully saturated rings. The first kappa shape index (κ1) is 14.2. The minimum absolute atomic E-state index is 0.0865. The number of nitrogens with one attached hydrogen (secondary N) is 1. The minimum atomic E-state index is -1.18. The Labute approximate surface area is 112 Å². The monoisotopic (exact) mass is 296 g/mol. The molecule has 0 aromatic carbocycles. The molecule has 0 saturated heterocycles. The Morgan fingerprint density at radius 3 is 2.35 bits per heavy atom. The van der Waals surface area contributed by atoms with E-state index < -0.39 is 17.8 Å². The van der Waals surface area contributed by atoms with Crippen LogP contribution in [0.1, 0.15) is 13.8 Å². The lowest BCUT2D eigenvalue weighted by Gasteiger charge is -2.14. The fourth-order valence-electron chi connectivity index (χ4n) is 1.23. The summed E-state index contributed by atoms with van der Waals surface area (Å²) in [4.78, 5) is 22.7. The van der Waals surface area contributed by atoms with Crippen molar-refractivity contribution >= 4 is 51.6 Å². The lowest BCUT2D eigenvalue weighted by Crippen LogP contribution is -2.33. The summed E-state index contributed by atoms with van der Waals surface area (Å²) in [5, 5.41) is 11.8. The number of aromatic nitrogens is 1. The van der Waals surface area contributed by atoms with Crippen molar-refractivity contribution in [3.05, 3.63) is 10.2 Å². The largest absolute Gasteiger partial charge is 0.481 e. The number of carbonyl (C=O) groups excluding carboxylic acids is 1. The number of halogens is 2. The fourth-order valence-corrected chi connectivity index (χ4v) is 2.31. The summed E-state index contributed by atoms with van der Waals surface area (Å²) in [6, 6.07) is 0. The summed E-state index contributed by atoms with van der Waals surface area (Å²) in [5.41, 5.74) is 0. The summed E-state index contributed by atoms with van der Waals surface area (Å²) in [7, 11) is 0. The standard InChI is InChI=1S/C9H10Cl2N2O3S/c1-3(2)4(9(15)16)7(14)12-8-5(10)6(11)13-17-8/h3-4H,1-2H3,(H,12,14)(H,15,16). The second kappa shape index (κ2) is 5.66. The molecule has 0 aliphatic carbocycles. The molecule has 0 radical (unpaired) electrons.